The molecule has 2 N–H and O–H groups in total. The fourth-order valence-electron chi connectivity index (χ4n) is 4.57. The van der Waals surface area contributed by atoms with E-state index in [9.17, 15) is 15.0 Å². The Hall–Kier alpha value is -2.07. The molecule has 0 aromatic carbocycles. The standard InChI is InChI=1S/C24H29BrClN7O5S/c1-3-31(10-13-4-5-13)23(36)19-16(8-14(25)9-27-19)39-24-22(37-2)20(21(35)15(12-34)38-24)33-11-18(28-30-33)32-7-6-17(26)29-32/h6-9,11,13,15,20-22,24,34-35H,3-5,10,12H2,1-2H3/t15?,20-,21-,22?,24+/m0/s1. The lowest BCUT2D eigenvalue weighted by atomic mass is 9.97. The van der Waals surface area contributed by atoms with E-state index >= 15 is 0 Å². The van der Waals surface area contributed by atoms with Crippen molar-refractivity contribution in [2.24, 2.45) is 5.92 Å². The molecule has 12 nitrogen and oxygen atoms in total. The summed E-state index contributed by atoms with van der Waals surface area (Å²) in [6.07, 6.45) is 4.27. The number of aromatic nitrogens is 6. The zero-order chi connectivity index (χ0) is 27.7. The van der Waals surface area contributed by atoms with Crippen LogP contribution in [-0.4, -0.2) is 101 Å². The fourth-order valence-corrected chi connectivity index (χ4v) is 6.49. The Morgan fingerprint density at radius 3 is 2.85 bits per heavy atom. The van der Waals surface area contributed by atoms with Crippen molar-refractivity contribution < 1.29 is 24.5 Å². The number of rotatable bonds is 10. The summed E-state index contributed by atoms with van der Waals surface area (Å²) in [7, 11) is 1.51. The smallest absolute Gasteiger partial charge is 0.273 e. The minimum Gasteiger partial charge on any atom is -0.394 e. The molecule has 1 aliphatic heterocycles. The normalized spacial score (nSPS) is 25.1. The molecular formula is C24H29BrClN7O5S. The summed E-state index contributed by atoms with van der Waals surface area (Å²) in [5, 5.41) is 34.0. The number of ether oxygens (including phenoxy) is 2. The van der Waals surface area contributed by atoms with E-state index in [1.807, 2.05) is 17.9 Å². The van der Waals surface area contributed by atoms with Crippen LogP contribution < -0.4 is 0 Å². The first-order chi connectivity index (χ1) is 18.8. The van der Waals surface area contributed by atoms with Gasteiger partial charge in [0.2, 0.25) is 0 Å². The first-order valence-electron chi connectivity index (χ1n) is 12.5. The van der Waals surface area contributed by atoms with Crippen LogP contribution >= 0.6 is 39.3 Å². The van der Waals surface area contributed by atoms with Crippen LogP contribution in [0, 0.1) is 5.92 Å². The van der Waals surface area contributed by atoms with Gasteiger partial charge in [0.1, 0.15) is 35.5 Å². The van der Waals surface area contributed by atoms with Gasteiger partial charge in [0.05, 0.1) is 12.8 Å². The molecule has 1 aliphatic carbocycles. The molecule has 0 spiro atoms. The number of amides is 1. The third-order valence-electron chi connectivity index (χ3n) is 6.80. The van der Waals surface area contributed by atoms with Crippen LogP contribution in [0.15, 0.2) is 40.1 Å². The van der Waals surface area contributed by atoms with Crippen molar-refractivity contribution in [1.82, 2.24) is 34.7 Å². The molecule has 2 unspecified atom stereocenters. The molecule has 0 bridgehead atoms. The first kappa shape index (κ1) is 28.5. The molecule has 2 aliphatic rings. The average molecular weight is 643 g/mol. The van der Waals surface area contributed by atoms with E-state index in [2.05, 4.69) is 36.3 Å². The topological polar surface area (TPSA) is 141 Å². The highest BCUT2D eigenvalue weighted by atomic mass is 79.9. The number of nitrogens with zero attached hydrogens (tertiary/aromatic N) is 7. The molecule has 1 amide bonds. The minimum atomic E-state index is -1.16. The monoisotopic (exact) mass is 641 g/mol. The van der Waals surface area contributed by atoms with Crippen molar-refractivity contribution in [1.29, 1.82) is 0 Å². The van der Waals surface area contributed by atoms with Gasteiger partial charge in [-0.2, -0.15) is 5.10 Å². The van der Waals surface area contributed by atoms with E-state index in [0.717, 1.165) is 12.8 Å². The Labute approximate surface area is 242 Å². The number of hydrogen-bond acceptors (Lipinski definition) is 10. The lowest BCUT2D eigenvalue weighted by Gasteiger charge is -2.43. The predicted octanol–water partition coefficient (Wildman–Crippen LogP) is 2.57. The molecule has 4 heterocycles. The van der Waals surface area contributed by atoms with Crippen LogP contribution in [0.3, 0.4) is 0 Å². The third-order valence-corrected chi connectivity index (χ3v) is 8.61. The Bertz CT molecular complexity index is 1310. The van der Waals surface area contributed by atoms with Crippen molar-refractivity contribution in [2.45, 2.75) is 54.5 Å². The summed E-state index contributed by atoms with van der Waals surface area (Å²) in [6.45, 7) is 2.80. The summed E-state index contributed by atoms with van der Waals surface area (Å²) in [6, 6.07) is 2.66. The van der Waals surface area contributed by atoms with Crippen LogP contribution in [0.2, 0.25) is 5.15 Å². The molecule has 210 valence electrons. The minimum absolute atomic E-state index is 0.154. The van der Waals surface area contributed by atoms with Gasteiger partial charge in [-0.1, -0.05) is 28.6 Å². The SMILES string of the molecule is CCN(CC1CC1)C(=O)c1ncc(Br)cc1S[C@H]1OC(CO)[C@H](O)[C@H](n2cc(-n3ccc(Cl)n3)nn2)C1OC. The van der Waals surface area contributed by atoms with Gasteiger partial charge in [0, 0.05) is 42.0 Å². The van der Waals surface area contributed by atoms with Gasteiger partial charge in [0.15, 0.2) is 11.0 Å². The summed E-state index contributed by atoms with van der Waals surface area (Å²) in [5.41, 5.74) is -0.417. The van der Waals surface area contributed by atoms with Crippen molar-refractivity contribution in [3.8, 4) is 5.82 Å². The zero-order valence-corrected chi connectivity index (χ0v) is 24.5. The number of hydrogen-bond donors (Lipinski definition) is 2. The number of methoxy groups -OCH3 is 1. The van der Waals surface area contributed by atoms with Crippen LogP contribution in [0.25, 0.3) is 5.82 Å². The van der Waals surface area contributed by atoms with E-state index < -0.39 is 36.4 Å². The van der Waals surface area contributed by atoms with Crippen LogP contribution in [0.1, 0.15) is 36.3 Å². The van der Waals surface area contributed by atoms with Crippen LogP contribution in [0.5, 0.6) is 0 Å². The number of halogens is 2. The van der Waals surface area contributed by atoms with Gasteiger partial charge in [-0.15, -0.1) is 5.10 Å². The Balaban J connectivity index is 1.45. The van der Waals surface area contributed by atoms with E-state index in [0.29, 0.717) is 45.0 Å². The van der Waals surface area contributed by atoms with Crippen LogP contribution in [0.4, 0.5) is 0 Å². The number of aliphatic hydroxyl groups is 2. The Morgan fingerprint density at radius 2 is 2.21 bits per heavy atom. The molecule has 3 aromatic heterocycles. The molecule has 0 radical (unpaired) electrons. The number of carbonyl (C=O) groups excluding carboxylic acids is 1. The molecule has 15 heteroatoms. The maximum atomic E-state index is 13.5. The summed E-state index contributed by atoms with van der Waals surface area (Å²) < 4.78 is 15.6. The molecular weight excluding hydrogens is 614 g/mol. The fraction of sp³-hybridized carbons (Fsp3) is 0.542. The third kappa shape index (κ3) is 6.16. The van der Waals surface area contributed by atoms with E-state index in [1.54, 1.807) is 24.7 Å². The second-order valence-corrected chi connectivity index (χ2v) is 11.9. The largest absolute Gasteiger partial charge is 0.394 e. The maximum absolute atomic E-state index is 13.5. The second kappa shape index (κ2) is 12.2. The highest BCUT2D eigenvalue weighted by Crippen LogP contribution is 2.41. The van der Waals surface area contributed by atoms with Crippen molar-refractivity contribution in [2.75, 3.05) is 26.8 Å². The Morgan fingerprint density at radius 1 is 1.41 bits per heavy atom. The lowest BCUT2D eigenvalue weighted by molar-refractivity contribution is -0.186. The highest BCUT2D eigenvalue weighted by molar-refractivity contribution is 9.10. The van der Waals surface area contributed by atoms with E-state index in [4.69, 9.17) is 21.1 Å². The van der Waals surface area contributed by atoms with Gasteiger partial charge in [-0.25, -0.2) is 14.3 Å². The number of pyridine rings is 1. The molecule has 3 aromatic rings. The maximum Gasteiger partial charge on any atom is 0.273 e. The second-order valence-electron chi connectivity index (χ2n) is 9.45. The lowest BCUT2D eigenvalue weighted by Crippen LogP contribution is -2.55. The number of thioether (sulfide) groups is 1. The molecule has 39 heavy (non-hydrogen) atoms. The van der Waals surface area contributed by atoms with Gasteiger partial charge in [-0.3, -0.25) is 4.79 Å². The first-order valence-corrected chi connectivity index (χ1v) is 14.6. The van der Waals surface area contributed by atoms with E-state index in [-0.39, 0.29) is 5.91 Å². The molecule has 5 atom stereocenters. The highest BCUT2D eigenvalue weighted by Gasteiger charge is 2.48. The molecule has 1 saturated heterocycles. The number of aliphatic hydroxyl groups excluding tert-OH is 2. The Kier molecular flexibility index (Phi) is 8.91. The van der Waals surface area contributed by atoms with E-state index in [1.165, 1.54) is 28.2 Å². The summed E-state index contributed by atoms with van der Waals surface area (Å²) >= 11 is 10.7. The van der Waals surface area contributed by atoms with Crippen LogP contribution in [-0.2, 0) is 9.47 Å². The quantitative estimate of drug-likeness (QED) is 0.339. The zero-order valence-electron chi connectivity index (χ0n) is 21.3. The van der Waals surface area contributed by atoms with Gasteiger partial charge in [-0.05, 0) is 53.7 Å². The average Bonchev–Trinajstić information content (AvgIpc) is 3.43. The predicted molar refractivity (Wildman–Crippen MR) is 146 cm³/mol. The van der Waals surface area contributed by atoms with Crippen molar-refractivity contribution >= 4 is 45.2 Å². The number of carbonyl (C=O) groups is 1. The van der Waals surface area contributed by atoms with Crippen molar-refractivity contribution in [3.05, 3.63) is 46.0 Å². The van der Waals surface area contributed by atoms with Gasteiger partial charge in [0.25, 0.3) is 5.91 Å². The van der Waals surface area contributed by atoms with Gasteiger partial charge >= 0.3 is 0 Å². The molecule has 2 fully saturated rings. The summed E-state index contributed by atoms with van der Waals surface area (Å²) in [4.78, 5) is 20.4. The summed E-state index contributed by atoms with van der Waals surface area (Å²) in [5.74, 6) is 0.774. The van der Waals surface area contributed by atoms with Crippen molar-refractivity contribution in [3.63, 3.8) is 0 Å². The molecule has 5 rings (SSSR count). The molecule has 1 saturated carbocycles. The van der Waals surface area contributed by atoms with Gasteiger partial charge < -0.3 is 24.6 Å².